The van der Waals surface area contributed by atoms with Crippen molar-refractivity contribution in [1.29, 1.82) is 0 Å². The summed E-state index contributed by atoms with van der Waals surface area (Å²) in [6.07, 6.45) is 3.53. The largest absolute Gasteiger partial charge is 0.338 e. The summed E-state index contributed by atoms with van der Waals surface area (Å²) in [5, 5.41) is 9.03. The monoisotopic (exact) mass is 325 g/mol. The Balaban J connectivity index is 1.63. The van der Waals surface area contributed by atoms with Gasteiger partial charge < -0.3 is 4.90 Å². The molecular formula is C15H23N3OS2. The number of hydrogen-bond donors (Lipinski definition) is 0. The Bertz CT molecular complexity index is 557. The van der Waals surface area contributed by atoms with Gasteiger partial charge >= 0.3 is 0 Å². The summed E-state index contributed by atoms with van der Waals surface area (Å²) in [5.74, 6) is 0.751. The molecular weight excluding hydrogens is 302 g/mol. The summed E-state index contributed by atoms with van der Waals surface area (Å²) < 4.78 is 0.898. The van der Waals surface area contributed by atoms with Crippen molar-refractivity contribution in [2.45, 2.75) is 57.3 Å². The summed E-state index contributed by atoms with van der Waals surface area (Å²) in [7, 11) is 0. The van der Waals surface area contributed by atoms with Gasteiger partial charge in [-0.3, -0.25) is 4.79 Å². The number of carbonyl (C=O) groups excluding carboxylic acids is 1. The van der Waals surface area contributed by atoms with Crippen LogP contribution in [-0.4, -0.2) is 39.3 Å². The van der Waals surface area contributed by atoms with E-state index in [1.807, 2.05) is 6.92 Å². The predicted octanol–water partition coefficient (Wildman–Crippen LogP) is 3.37. The summed E-state index contributed by atoms with van der Waals surface area (Å²) in [5.41, 5.74) is 0.669. The van der Waals surface area contributed by atoms with Crippen molar-refractivity contribution < 1.29 is 4.79 Å². The first-order chi connectivity index (χ1) is 9.76. The zero-order valence-corrected chi connectivity index (χ0v) is 14.8. The van der Waals surface area contributed by atoms with Crippen molar-refractivity contribution in [3.63, 3.8) is 0 Å². The van der Waals surface area contributed by atoms with Crippen LogP contribution in [-0.2, 0) is 4.79 Å². The highest BCUT2D eigenvalue weighted by Crippen LogP contribution is 2.52. The number of nitrogens with zero attached hydrogens (tertiary/aromatic N) is 3. The van der Waals surface area contributed by atoms with E-state index in [1.165, 1.54) is 24.6 Å². The highest BCUT2D eigenvalue weighted by molar-refractivity contribution is 8.01. The molecule has 2 atom stereocenters. The second-order valence-electron chi connectivity index (χ2n) is 7.61. The van der Waals surface area contributed by atoms with E-state index in [2.05, 4.69) is 35.9 Å². The van der Waals surface area contributed by atoms with E-state index in [0.29, 0.717) is 22.6 Å². The van der Waals surface area contributed by atoms with Crippen LogP contribution in [0.4, 0.5) is 0 Å². The zero-order chi connectivity index (χ0) is 15.3. The maximum absolute atomic E-state index is 12.6. The van der Waals surface area contributed by atoms with Gasteiger partial charge in [-0.1, -0.05) is 43.9 Å². The molecule has 1 aliphatic heterocycles. The zero-order valence-electron chi connectivity index (χ0n) is 13.2. The fourth-order valence-electron chi connectivity index (χ4n) is 4.29. The maximum atomic E-state index is 12.6. The van der Waals surface area contributed by atoms with E-state index >= 15 is 0 Å². The number of aryl methyl sites for hydroxylation is 1. The molecule has 0 aromatic carbocycles. The molecule has 2 heterocycles. The van der Waals surface area contributed by atoms with Crippen LogP contribution in [0.2, 0.25) is 0 Å². The lowest BCUT2D eigenvalue weighted by Crippen LogP contribution is -2.38. The third-order valence-corrected chi connectivity index (χ3v) is 6.52. The van der Waals surface area contributed by atoms with Crippen molar-refractivity contribution in [3.05, 3.63) is 5.01 Å². The van der Waals surface area contributed by atoms with E-state index in [-0.39, 0.29) is 5.91 Å². The van der Waals surface area contributed by atoms with Crippen LogP contribution in [0.3, 0.4) is 0 Å². The summed E-state index contributed by atoms with van der Waals surface area (Å²) in [6, 6.07) is 0.433. The third kappa shape index (κ3) is 3.26. The predicted molar refractivity (Wildman–Crippen MR) is 86.6 cm³/mol. The highest BCUT2D eigenvalue weighted by Gasteiger charge is 2.50. The van der Waals surface area contributed by atoms with Gasteiger partial charge in [0, 0.05) is 12.6 Å². The van der Waals surface area contributed by atoms with Crippen molar-refractivity contribution in [3.8, 4) is 0 Å². The Kier molecular flexibility index (Phi) is 3.81. The van der Waals surface area contributed by atoms with E-state index in [4.69, 9.17) is 0 Å². The smallest absolute Gasteiger partial charge is 0.233 e. The van der Waals surface area contributed by atoms with Gasteiger partial charge in [0.2, 0.25) is 5.91 Å². The minimum Gasteiger partial charge on any atom is -0.338 e. The number of hydrogen-bond acceptors (Lipinski definition) is 5. The van der Waals surface area contributed by atoms with Crippen LogP contribution in [0.1, 0.15) is 45.0 Å². The van der Waals surface area contributed by atoms with Crippen molar-refractivity contribution in [1.82, 2.24) is 15.1 Å². The molecule has 2 bridgehead atoms. The second kappa shape index (κ2) is 5.23. The average Bonchev–Trinajstić information content (AvgIpc) is 2.86. The third-order valence-electron chi connectivity index (χ3n) is 4.56. The number of amides is 1. The lowest BCUT2D eigenvalue weighted by atomic mass is 9.65. The van der Waals surface area contributed by atoms with Gasteiger partial charge in [0.15, 0.2) is 4.34 Å². The number of aromatic nitrogens is 2. The molecule has 6 heteroatoms. The summed E-state index contributed by atoms with van der Waals surface area (Å²) >= 11 is 3.08. The Hall–Kier alpha value is -0.620. The Morgan fingerprint density at radius 3 is 2.81 bits per heavy atom. The Labute approximate surface area is 134 Å². The SMILES string of the molecule is Cc1nnc(SCC(=O)N2C[C@@]3(C)C[C@@H]2CC(C)(C)C3)s1. The van der Waals surface area contributed by atoms with E-state index in [0.717, 1.165) is 22.3 Å². The molecule has 0 spiro atoms. The Morgan fingerprint density at radius 2 is 2.14 bits per heavy atom. The molecule has 1 aromatic rings. The van der Waals surface area contributed by atoms with Crippen molar-refractivity contribution >= 4 is 29.0 Å². The van der Waals surface area contributed by atoms with Gasteiger partial charge in [-0.2, -0.15) is 0 Å². The van der Waals surface area contributed by atoms with Crippen LogP contribution in [0.25, 0.3) is 0 Å². The van der Waals surface area contributed by atoms with Gasteiger partial charge in [-0.05, 0) is 37.0 Å². The van der Waals surface area contributed by atoms with Crippen LogP contribution >= 0.6 is 23.1 Å². The Morgan fingerprint density at radius 1 is 1.38 bits per heavy atom. The molecule has 0 N–H and O–H groups in total. The molecule has 2 aliphatic rings. The average molecular weight is 326 g/mol. The lowest BCUT2D eigenvalue weighted by Gasteiger charge is -2.39. The molecule has 21 heavy (non-hydrogen) atoms. The standard InChI is InChI=1S/C15H23N3OS2/c1-10-16-17-13(21-10)20-7-12(19)18-9-15(4)6-11(18)5-14(2,3)8-15/h11H,5-9H2,1-4H3/t11-,15-/m0/s1. The minimum atomic E-state index is 0.263. The first-order valence-electron chi connectivity index (χ1n) is 7.49. The lowest BCUT2D eigenvalue weighted by molar-refractivity contribution is -0.129. The van der Waals surface area contributed by atoms with E-state index < -0.39 is 0 Å². The normalized spacial score (nSPS) is 30.7. The molecule has 3 rings (SSSR count). The first kappa shape index (κ1) is 15.3. The number of thioether (sulfide) groups is 1. The maximum Gasteiger partial charge on any atom is 0.233 e. The van der Waals surface area contributed by atoms with E-state index in [9.17, 15) is 4.79 Å². The van der Waals surface area contributed by atoms with Gasteiger partial charge in [0.05, 0.1) is 5.75 Å². The number of rotatable bonds is 3. The molecule has 1 saturated carbocycles. The fraction of sp³-hybridized carbons (Fsp3) is 0.800. The highest BCUT2D eigenvalue weighted by atomic mass is 32.2. The van der Waals surface area contributed by atoms with Gasteiger partial charge in [0.25, 0.3) is 0 Å². The van der Waals surface area contributed by atoms with Crippen molar-refractivity contribution in [2.24, 2.45) is 10.8 Å². The molecule has 0 unspecified atom stereocenters. The van der Waals surface area contributed by atoms with Crippen molar-refractivity contribution in [2.75, 3.05) is 12.3 Å². The van der Waals surface area contributed by atoms with Crippen LogP contribution in [0.5, 0.6) is 0 Å². The number of fused-ring (bicyclic) bond motifs is 2. The molecule has 1 amide bonds. The van der Waals surface area contributed by atoms with Gasteiger partial charge in [-0.15, -0.1) is 10.2 Å². The molecule has 1 aromatic heterocycles. The number of likely N-dealkylation sites (tertiary alicyclic amines) is 1. The van der Waals surface area contributed by atoms with Crippen LogP contribution in [0.15, 0.2) is 4.34 Å². The van der Waals surface area contributed by atoms with Gasteiger partial charge in [0.1, 0.15) is 5.01 Å². The quantitative estimate of drug-likeness (QED) is 0.799. The summed E-state index contributed by atoms with van der Waals surface area (Å²) in [6.45, 7) is 9.88. The van der Waals surface area contributed by atoms with E-state index in [1.54, 1.807) is 11.3 Å². The first-order valence-corrected chi connectivity index (χ1v) is 9.29. The van der Waals surface area contributed by atoms with Gasteiger partial charge in [-0.25, -0.2) is 0 Å². The topological polar surface area (TPSA) is 46.1 Å². The number of carbonyl (C=O) groups is 1. The second-order valence-corrected chi connectivity index (χ2v) is 10.0. The molecule has 1 aliphatic carbocycles. The fourth-order valence-corrected chi connectivity index (χ4v) is 6.00. The molecule has 0 radical (unpaired) electrons. The minimum absolute atomic E-state index is 0.263. The molecule has 116 valence electrons. The summed E-state index contributed by atoms with van der Waals surface area (Å²) in [4.78, 5) is 14.7. The van der Waals surface area contributed by atoms with Crippen LogP contribution < -0.4 is 0 Å². The van der Waals surface area contributed by atoms with Crippen LogP contribution in [0, 0.1) is 17.8 Å². The molecule has 1 saturated heterocycles. The molecule has 4 nitrogen and oxygen atoms in total. The molecule has 2 fully saturated rings.